The maximum Gasteiger partial charge on any atom is 0.411 e. The molecule has 0 bridgehead atoms. The second-order valence-corrected chi connectivity index (χ2v) is 5.16. The molecule has 1 aromatic rings. The number of likely N-dealkylation sites (N-methyl/N-ethyl adjacent to an activating group) is 1. The van der Waals surface area contributed by atoms with Crippen LogP contribution in [0.5, 0.6) is 5.75 Å². The van der Waals surface area contributed by atoms with Gasteiger partial charge in [-0.3, -0.25) is 4.79 Å². The van der Waals surface area contributed by atoms with Crippen molar-refractivity contribution >= 4 is 5.91 Å². The summed E-state index contributed by atoms with van der Waals surface area (Å²) in [5, 5.41) is 2.57. The molecule has 0 aliphatic rings. The molecule has 0 saturated heterocycles. The van der Waals surface area contributed by atoms with Crippen LogP contribution in [0.4, 0.5) is 13.2 Å². The van der Waals surface area contributed by atoms with Crippen LogP contribution in [0.2, 0.25) is 0 Å². The summed E-state index contributed by atoms with van der Waals surface area (Å²) < 4.78 is 45.2. The first-order valence-corrected chi connectivity index (χ1v) is 6.94. The highest BCUT2D eigenvalue weighted by atomic mass is 19.4. The normalized spacial score (nSPS) is 13.0. The molecule has 0 spiro atoms. The number of halogens is 3. The van der Waals surface area contributed by atoms with Crippen molar-refractivity contribution in [1.29, 1.82) is 0 Å². The minimum atomic E-state index is -4.43. The van der Waals surface area contributed by atoms with Crippen LogP contribution in [0.25, 0.3) is 0 Å². The number of nitrogens with zero attached hydrogens (tertiary/aromatic N) is 1. The minimum Gasteiger partial charge on any atom is -0.497 e. The van der Waals surface area contributed by atoms with Gasteiger partial charge in [-0.15, -0.1) is 0 Å². The van der Waals surface area contributed by atoms with Gasteiger partial charge < -0.3 is 19.7 Å². The van der Waals surface area contributed by atoms with E-state index in [1.165, 1.54) is 0 Å². The second-order valence-electron chi connectivity index (χ2n) is 5.16. The van der Waals surface area contributed by atoms with Gasteiger partial charge in [0.2, 0.25) is 5.91 Å². The lowest BCUT2D eigenvalue weighted by Crippen LogP contribution is -2.36. The molecule has 1 rings (SSSR count). The summed E-state index contributed by atoms with van der Waals surface area (Å²) in [7, 11) is 5.27. The molecule has 1 N–H and O–H groups in total. The Balaban J connectivity index is 2.51. The highest BCUT2D eigenvalue weighted by Crippen LogP contribution is 2.20. The number of ether oxygens (including phenoxy) is 2. The zero-order valence-electron chi connectivity index (χ0n) is 13.3. The molecule has 1 aromatic carbocycles. The molecule has 5 nitrogen and oxygen atoms in total. The van der Waals surface area contributed by atoms with Crippen LogP contribution in [0.3, 0.4) is 0 Å². The number of amides is 1. The third-order valence-electron chi connectivity index (χ3n) is 3.12. The molecule has 0 aliphatic carbocycles. The van der Waals surface area contributed by atoms with Gasteiger partial charge in [0.05, 0.1) is 13.2 Å². The first kappa shape index (κ1) is 19.2. The smallest absolute Gasteiger partial charge is 0.411 e. The van der Waals surface area contributed by atoms with Gasteiger partial charge in [-0.05, 0) is 31.8 Å². The highest BCUT2D eigenvalue weighted by molar-refractivity contribution is 5.77. The summed E-state index contributed by atoms with van der Waals surface area (Å²) in [5.41, 5.74) is 0.951. The largest absolute Gasteiger partial charge is 0.497 e. The van der Waals surface area contributed by atoms with E-state index in [2.05, 4.69) is 10.1 Å². The zero-order valence-corrected chi connectivity index (χ0v) is 13.3. The molecule has 8 heteroatoms. The van der Waals surface area contributed by atoms with Crippen molar-refractivity contribution in [3.63, 3.8) is 0 Å². The average molecular weight is 334 g/mol. The fourth-order valence-electron chi connectivity index (χ4n) is 1.95. The van der Waals surface area contributed by atoms with E-state index in [4.69, 9.17) is 4.74 Å². The summed E-state index contributed by atoms with van der Waals surface area (Å²) >= 11 is 0. The van der Waals surface area contributed by atoms with Crippen LogP contribution >= 0.6 is 0 Å². The van der Waals surface area contributed by atoms with Gasteiger partial charge in [-0.2, -0.15) is 13.2 Å². The Bertz CT molecular complexity index is 490. The van der Waals surface area contributed by atoms with E-state index in [0.29, 0.717) is 0 Å². The van der Waals surface area contributed by atoms with Crippen molar-refractivity contribution in [1.82, 2.24) is 10.2 Å². The van der Waals surface area contributed by atoms with Crippen molar-refractivity contribution in [2.24, 2.45) is 0 Å². The fraction of sp³-hybridized carbons (Fsp3) is 0.533. The van der Waals surface area contributed by atoms with E-state index in [9.17, 15) is 18.0 Å². The summed E-state index contributed by atoms with van der Waals surface area (Å²) in [6, 6.07) is 7.23. The standard InChI is InChI=1S/C15H21F3N2O3/c1-20(2)13(11-4-6-12(22-3)7-5-11)8-19-14(21)9-23-10-15(16,17)18/h4-7,13H,8-10H2,1-3H3,(H,19,21). The number of carbonyl (C=O) groups excluding carboxylic acids is 1. The van der Waals surface area contributed by atoms with Gasteiger partial charge in [0.15, 0.2) is 0 Å². The van der Waals surface area contributed by atoms with Crippen LogP contribution in [-0.2, 0) is 9.53 Å². The first-order chi connectivity index (χ1) is 10.7. The van der Waals surface area contributed by atoms with Crippen LogP contribution in [0.1, 0.15) is 11.6 Å². The molecular weight excluding hydrogens is 313 g/mol. The number of rotatable bonds is 8. The van der Waals surface area contributed by atoms with Crippen molar-refractivity contribution in [2.45, 2.75) is 12.2 Å². The van der Waals surface area contributed by atoms with Crippen LogP contribution in [-0.4, -0.2) is 57.9 Å². The van der Waals surface area contributed by atoms with Crippen LogP contribution in [0, 0.1) is 0 Å². The average Bonchev–Trinajstić information content (AvgIpc) is 2.46. The number of alkyl halides is 3. The minimum absolute atomic E-state index is 0.118. The summed E-state index contributed by atoms with van der Waals surface area (Å²) in [6.07, 6.45) is -4.43. The molecule has 0 radical (unpaired) electrons. The molecule has 0 heterocycles. The zero-order chi connectivity index (χ0) is 17.5. The lowest BCUT2D eigenvalue weighted by Gasteiger charge is -2.25. The summed E-state index contributed by atoms with van der Waals surface area (Å²) in [4.78, 5) is 13.4. The molecule has 1 amide bonds. The van der Waals surface area contributed by atoms with E-state index in [1.807, 2.05) is 31.1 Å². The van der Waals surface area contributed by atoms with E-state index in [0.717, 1.165) is 11.3 Å². The molecule has 0 saturated carbocycles. The Morgan fingerprint density at radius 3 is 2.35 bits per heavy atom. The molecule has 0 fully saturated rings. The Kier molecular flexibility index (Phi) is 7.31. The lowest BCUT2D eigenvalue weighted by atomic mass is 10.1. The summed E-state index contributed by atoms with van der Waals surface area (Å²) in [6.45, 7) is -1.80. The second kappa shape index (κ2) is 8.73. The number of benzene rings is 1. The van der Waals surface area contributed by atoms with E-state index < -0.39 is 25.3 Å². The van der Waals surface area contributed by atoms with Gasteiger partial charge in [-0.1, -0.05) is 12.1 Å². The van der Waals surface area contributed by atoms with Gasteiger partial charge in [0, 0.05) is 6.54 Å². The Morgan fingerprint density at radius 2 is 1.87 bits per heavy atom. The number of hydrogen-bond acceptors (Lipinski definition) is 4. The molecular formula is C15H21F3N2O3. The highest BCUT2D eigenvalue weighted by Gasteiger charge is 2.27. The predicted octanol–water partition coefficient (Wildman–Crippen LogP) is 1.99. The predicted molar refractivity (Wildman–Crippen MR) is 79.3 cm³/mol. The Labute approximate surface area is 133 Å². The first-order valence-electron chi connectivity index (χ1n) is 6.94. The maximum atomic E-state index is 11.9. The number of methoxy groups -OCH3 is 1. The van der Waals surface area contributed by atoms with Crippen molar-refractivity contribution in [2.75, 3.05) is 41.0 Å². The van der Waals surface area contributed by atoms with Crippen molar-refractivity contribution in [3.05, 3.63) is 29.8 Å². The van der Waals surface area contributed by atoms with E-state index in [1.54, 1.807) is 19.2 Å². The van der Waals surface area contributed by atoms with Crippen LogP contribution in [0.15, 0.2) is 24.3 Å². The van der Waals surface area contributed by atoms with E-state index >= 15 is 0 Å². The van der Waals surface area contributed by atoms with E-state index in [-0.39, 0.29) is 12.6 Å². The molecule has 0 aliphatic heterocycles. The summed E-state index contributed by atoms with van der Waals surface area (Å²) in [5.74, 6) is 0.130. The third-order valence-corrected chi connectivity index (χ3v) is 3.12. The Hall–Kier alpha value is -1.80. The fourth-order valence-corrected chi connectivity index (χ4v) is 1.95. The Morgan fingerprint density at radius 1 is 1.26 bits per heavy atom. The lowest BCUT2D eigenvalue weighted by molar-refractivity contribution is -0.175. The molecule has 23 heavy (non-hydrogen) atoms. The van der Waals surface area contributed by atoms with Gasteiger partial charge >= 0.3 is 6.18 Å². The quantitative estimate of drug-likeness (QED) is 0.790. The topological polar surface area (TPSA) is 50.8 Å². The number of hydrogen-bond donors (Lipinski definition) is 1. The van der Waals surface area contributed by atoms with Gasteiger partial charge in [0.25, 0.3) is 0 Å². The third kappa shape index (κ3) is 7.34. The number of carbonyl (C=O) groups is 1. The SMILES string of the molecule is COc1ccc(C(CNC(=O)COCC(F)(F)F)N(C)C)cc1. The van der Waals surface area contributed by atoms with Gasteiger partial charge in [0.1, 0.15) is 19.0 Å². The number of nitrogens with one attached hydrogen (secondary N) is 1. The molecule has 1 atom stereocenters. The monoisotopic (exact) mass is 334 g/mol. The van der Waals surface area contributed by atoms with Crippen molar-refractivity contribution in [3.8, 4) is 5.75 Å². The van der Waals surface area contributed by atoms with Gasteiger partial charge in [-0.25, -0.2) is 0 Å². The van der Waals surface area contributed by atoms with Crippen LogP contribution < -0.4 is 10.1 Å². The molecule has 0 aromatic heterocycles. The molecule has 1 unspecified atom stereocenters. The maximum absolute atomic E-state index is 11.9. The molecule has 130 valence electrons. The van der Waals surface area contributed by atoms with Crippen molar-refractivity contribution < 1.29 is 27.4 Å².